The molecule has 0 aromatic heterocycles. The van der Waals surface area contributed by atoms with Crippen molar-refractivity contribution in [2.45, 2.75) is 6.92 Å². The van der Waals surface area contributed by atoms with Crippen LogP contribution >= 0.6 is 11.6 Å². The van der Waals surface area contributed by atoms with Gasteiger partial charge >= 0.3 is 5.97 Å². The van der Waals surface area contributed by atoms with Gasteiger partial charge < -0.3 is 15.7 Å². The van der Waals surface area contributed by atoms with Crippen molar-refractivity contribution >= 4 is 35.1 Å². The fraction of sp³-hybridized carbons (Fsp3) is 0.118. The van der Waals surface area contributed by atoms with Gasteiger partial charge in [-0.25, -0.2) is 4.79 Å². The maximum absolute atomic E-state index is 12.3. The average Bonchev–Trinajstić information content (AvgIpc) is 2.55. The molecule has 6 nitrogen and oxygen atoms in total. The van der Waals surface area contributed by atoms with E-state index >= 15 is 0 Å². The summed E-state index contributed by atoms with van der Waals surface area (Å²) in [6.45, 7) is 2.26. The van der Waals surface area contributed by atoms with E-state index in [1.807, 2.05) is 0 Å². The molecule has 0 saturated heterocycles. The van der Waals surface area contributed by atoms with E-state index in [9.17, 15) is 14.4 Å². The Hall–Kier alpha value is -2.86. The third kappa shape index (κ3) is 3.91. The molecule has 0 fully saturated rings. The number of benzene rings is 2. The van der Waals surface area contributed by atoms with Crippen molar-refractivity contribution < 1.29 is 19.5 Å². The van der Waals surface area contributed by atoms with Crippen molar-refractivity contribution in [1.82, 2.24) is 5.32 Å². The number of halogens is 1. The summed E-state index contributed by atoms with van der Waals surface area (Å²) in [5, 5.41) is 14.5. The van der Waals surface area contributed by atoms with Crippen LogP contribution in [0.2, 0.25) is 5.02 Å². The molecule has 2 aromatic rings. The van der Waals surface area contributed by atoms with Crippen molar-refractivity contribution in [1.29, 1.82) is 0 Å². The molecule has 0 radical (unpaired) electrons. The van der Waals surface area contributed by atoms with Gasteiger partial charge in [0.15, 0.2) is 0 Å². The Morgan fingerprint density at radius 2 is 1.67 bits per heavy atom. The second-order valence-corrected chi connectivity index (χ2v) is 5.27. The molecule has 2 rings (SSSR count). The highest BCUT2D eigenvalue weighted by Gasteiger charge is 2.17. The normalized spacial score (nSPS) is 10.1. The molecule has 0 unspecified atom stereocenters. The summed E-state index contributed by atoms with van der Waals surface area (Å²) in [5.41, 5.74) is 0.592. The molecule has 7 heteroatoms. The van der Waals surface area contributed by atoms with Crippen molar-refractivity contribution in [2.24, 2.45) is 0 Å². The highest BCUT2D eigenvalue weighted by Crippen LogP contribution is 2.22. The SMILES string of the molecule is CCNC(=O)c1ccc(NC(=O)c2ccccc2C(=O)O)cc1Cl. The first-order chi connectivity index (χ1) is 11.4. The molecule has 24 heavy (non-hydrogen) atoms. The molecule has 3 N–H and O–H groups in total. The van der Waals surface area contributed by atoms with Crippen LogP contribution in [0.4, 0.5) is 5.69 Å². The smallest absolute Gasteiger partial charge is 0.336 e. The molecule has 0 spiro atoms. The lowest BCUT2D eigenvalue weighted by Crippen LogP contribution is -2.23. The first-order valence-corrected chi connectivity index (χ1v) is 7.53. The first-order valence-electron chi connectivity index (χ1n) is 7.15. The Balaban J connectivity index is 2.23. The molecule has 0 bridgehead atoms. The summed E-state index contributed by atoms with van der Waals surface area (Å²) in [6, 6.07) is 10.3. The number of anilines is 1. The maximum Gasteiger partial charge on any atom is 0.336 e. The minimum Gasteiger partial charge on any atom is -0.478 e. The second kappa shape index (κ2) is 7.61. The molecule has 0 saturated carbocycles. The number of carboxylic acid groups (broad SMARTS) is 1. The number of hydrogen-bond donors (Lipinski definition) is 3. The van der Waals surface area contributed by atoms with E-state index in [4.69, 9.17) is 16.7 Å². The summed E-state index contributed by atoms with van der Waals surface area (Å²) in [4.78, 5) is 35.2. The van der Waals surface area contributed by atoms with E-state index < -0.39 is 11.9 Å². The van der Waals surface area contributed by atoms with Crippen LogP contribution in [0, 0.1) is 0 Å². The van der Waals surface area contributed by atoms with Gasteiger partial charge in [-0.2, -0.15) is 0 Å². The molecule has 0 atom stereocenters. The van der Waals surface area contributed by atoms with Gasteiger partial charge in [0.05, 0.1) is 21.7 Å². The Morgan fingerprint density at radius 1 is 1.00 bits per heavy atom. The van der Waals surface area contributed by atoms with Gasteiger partial charge in [-0.15, -0.1) is 0 Å². The number of aromatic carboxylic acids is 1. The number of amides is 2. The second-order valence-electron chi connectivity index (χ2n) is 4.86. The number of hydrogen-bond acceptors (Lipinski definition) is 3. The van der Waals surface area contributed by atoms with Gasteiger partial charge in [-0.3, -0.25) is 9.59 Å². The predicted molar refractivity (Wildman–Crippen MR) is 90.8 cm³/mol. The number of carbonyl (C=O) groups is 3. The number of carboxylic acids is 1. The molecule has 124 valence electrons. The third-order valence-corrected chi connectivity index (χ3v) is 3.52. The zero-order valence-corrected chi connectivity index (χ0v) is 13.6. The average molecular weight is 347 g/mol. The molecular formula is C17H15ClN2O4. The molecule has 0 aliphatic heterocycles. The Labute approximate surface area is 143 Å². The van der Waals surface area contributed by atoms with Gasteiger partial charge in [0.1, 0.15) is 0 Å². The highest BCUT2D eigenvalue weighted by atomic mass is 35.5. The topological polar surface area (TPSA) is 95.5 Å². The zero-order valence-electron chi connectivity index (χ0n) is 12.8. The largest absolute Gasteiger partial charge is 0.478 e. The molecule has 2 amide bonds. The van der Waals surface area contributed by atoms with Gasteiger partial charge in [-0.05, 0) is 37.3 Å². The van der Waals surface area contributed by atoms with Crippen molar-refractivity contribution in [3.63, 3.8) is 0 Å². The van der Waals surface area contributed by atoms with Gasteiger partial charge in [0.2, 0.25) is 0 Å². The minimum absolute atomic E-state index is 0.0360. The lowest BCUT2D eigenvalue weighted by Gasteiger charge is -2.10. The van der Waals surface area contributed by atoms with E-state index in [1.54, 1.807) is 13.0 Å². The van der Waals surface area contributed by atoms with Gasteiger partial charge in [-0.1, -0.05) is 23.7 Å². The number of carbonyl (C=O) groups excluding carboxylic acids is 2. The standard InChI is InChI=1S/C17H15ClN2O4/c1-2-19-15(21)13-8-7-10(9-14(13)18)20-16(22)11-5-3-4-6-12(11)17(23)24/h3-9H,2H2,1H3,(H,19,21)(H,20,22)(H,23,24). The van der Waals surface area contributed by atoms with Crippen LogP contribution in [0.15, 0.2) is 42.5 Å². The lowest BCUT2D eigenvalue weighted by molar-refractivity contribution is 0.0692. The van der Waals surface area contributed by atoms with Gasteiger partial charge in [0, 0.05) is 12.2 Å². The molecular weight excluding hydrogens is 332 g/mol. The van der Waals surface area contributed by atoms with E-state index in [0.29, 0.717) is 17.8 Å². The summed E-state index contributed by atoms with van der Waals surface area (Å²) >= 11 is 6.06. The predicted octanol–water partition coefficient (Wildman–Crippen LogP) is 3.04. The molecule has 0 heterocycles. The fourth-order valence-electron chi connectivity index (χ4n) is 2.10. The van der Waals surface area contributed by atoms with Crippen molar-refractivity contribution in [3.8, 4) is 0 Å². The maximum atomic E-state index is 12.3. The summed E-state index contributed by atoms with van der Waals surface area (Å²) < 4.78 is 0. The molecule has 0 aliphatic carbocycles. The van der Waals surface area contributed by atoms with Gasteiger partial charge in [0.25, 0.3) is 11.8 Å². The Bertz CT molecular complexity index is 805. The van der Waals surface area contributed by atoms with Crippen LogP contribution in [-0.2, 0) is 0 Å². The molecule has 0 aliphatic rings. The minimum atomic E-state index is -1.19. The van der Waals surface area contributed by atoms with E-state index in [2.05, 4.69) is 10.6 Å². The summed E-state index contributed by atoms with van der Waals surface area (Å²) in [7, 11) is 0. The molecule has 2 aromatic carbocycles. The van der Waals surface area contributed by atoms with Crippen LogP contribution in [0.1, 0.15) is 38.0 Å². The number of nitrogens with one attached hydrogen (secondary N) is 2. The summed E-state index contributed by atoms with van der Waals surface area (Å²) in [5.74, 6) is -2.07. The monoisotopic (exact) mass is 346 g/mol. The highest BCUT2D eigenvalue weighted by molar-refractivity contribution is 6.34. The van der Waals surface area contributed by atoms with Crippen LogP contribution in [0.5, 0.6) is 0 Å². The van der Waals surface area contributed by atoms with Crippen molar-refractivity contribution in [3.05, 3.63) is 64.2 Å². The quantitative estimate of drug-likeness (QED) is 0.775. The van der Waals surface area contributed by atoms with E-state index in [-0.39, 0.29) is 22.1 Å². The Kier molecular flexibility index (Phi) is 5.55. The van der Waals surface area contributed by atoms with Crippen LogP contribution in [-0.4, -0.2) is 29.4 Å². The van der Waals surface area contributed by atoms with Crippen molar-refractivity contribution in [2.75, 3.05) is 11.9 Å². The first kappa shape index (κ1) is 17.5. The van der Waals surface area contributed by atoms with E-state index in [1.165, 1.54) is 36.4 Å². The van der Waals surface area contributed by atoms with Crippen LogP contribution < -0.4 is 10.6 Å². The summed E-state index contributed by atoms with van der Waals surface area (Å²) in [6.07, 6.45) is 0. The van der Waals surface area contributed by atoms with Crippen LogP contribution in [0.3, 0.4) is 0 Å². The lowest BCUT2D eigenvalue weighted by atomic mass is 10.1. The van der Waals surface area contributed by atoms with E-state index in [0.717, 1.165) is 0 Å². The zero-order chi connectivity index (χ0) is 17.7. The Morgan fingerprint density at radius 3 is 2.25 bits per heavy atom. The number of rotatable bonds is 5. The third-order valence-electron chi connectivity index (χ3n) is 3.21. The fourth-order valence-corrected chi connectivity index (χ4v) is 2.37. The van der Waals surface area contributed by atoms with Crippen LogP contribution in [0.25, 0.3) is 0 Å².